The number of piperidine rings is 1. The van der Waals surface area contributed by atoms with E-state index in [0.717, 1.165) is 25.7 Å². The van der Waals surface area contributed by atoms with Gasteiger partial charge in [-0.15, -0.1) is 0 Å². The van der Waals surface area contributed by atoms with Gasteiger partial charge in [-0.25, -0.2) is 8.42 Å². The Balaban J connectivity index is 1.56. The number of hydrogen-bond acceptors (Lipinski definition) is 5. The van der Waals surface area contributed by atoms with Crippen LogP contribution in [-0.2, 0) is 19.6 Å². The van der Waals surface area contributed by atoms with Crippen LogP contribution in [0.4, 0.5) is 0 Å². The van der Waals surface area contributed by atoms with Crippen molar-refractivity contribution in [2.45, 2.75) is 75.3 Å². The predicted octanol–water partition coefficient (Wildman–Crippen LogP) is 2.44. The molecule has 2 aliphatic rings. The first kappa shape index (κ1) is 24.5. The number of methoxy groups -OCH3 is 1. The van der Waals surface area contributed by atoms with Crippen LogP contribution < -0.4 is 15.4 Å². The Morgan fingerprint density at radius 2 is 1.69 bits per heavy atom. The van der Waals surface area contributed by atoms with Crippen LogP contribution in [0.15, 0.2) is 29.2 Å². The van der Waals surface area contributed by atoms with Gasteiger partial charge in [0.15, 0.2) is 0 Å². The van der Waals surface area contributed by atoms with E-state index in [2.05, 4.69) is 10.6 Å². The third-order valence-corrected chi connectivity index (χ3v) is 8.29. The van der Waals surface area contributed by atoms with Crippen molar-refractivity contribution in [2.24, 2.45) is 5.92 Å². The molecule has 1 aromatic carbocycles. The predicted molar refractivity (Wildman–Crippen MR) is 122 cm³/mol. The molecule has 32 heavy (non-hydrogen) atoms. The number of nitrogens with zero attached hydrogens (tertiary/aromatic N) is 1. The Morgan fingerprint density at radius 3 is 2.31 bits per heavy atom. The molecular formula is C23H35N3O5S. The molecular weight excluding hydrogens is 430 g/mol. The normalized spacial score (nSPS) is 21.9. The van der Waals surface area contributed by atoms with Gasteiger partial charge >= 0.3 is 0 Å². The Hall–Kier alpha value is -2.13. The van der Waals surface area contributed by atoms with E-state index < -0.39 is 22.0 Å². The van der Waals surface area contributed by atoms with E-state index in [-0.39, 0.29) is 29.3 Å². The van der Waals surface area contributed by atoms with Crippen LogP contribution in [0.25, 0.3) is 0 Å². The first-order chi connectivity index (χ1) is 15.3. The highest BCUT2D eigenvalue weighted by Crippen LogP contribution is 2.25. The van der Waals surface area contributed by atoms with Gasteiger partial charge in [-0.2, -0.15) is 4.31 Å². The van der Waals surface area contributed by atoms with Crippen molar-refractivity contribution in [1.29, 1.82) is 0 Å². The van der Waals surface area contributed by atoms with Crippen LogP contribution in [0.3, 0.4) is 0 Å². The molecule has 2 atom stereocenters. The average Bonchev–Trinajstić information content (AvgIpc) is 3.07. The van der Waals surface area contributed by atoms with E-state index in [4.69, 9.17) is 4.74 Å². The van der Waals surface area contributed by atoms with E-state index in [1.165, 1.54) is 36.4 Å². The van der Waals surface area contributed by atoms with Crippen molar-refractivity contribution in [1.82, 2.24) is 14.9 Å². The summed E-state index contributed by atoms with van der Waals surface area (Å²) in [6.07, 6.45) is 7.79. The van der Waals surface area contributed by atoms with Crippen LogP contribution in [0, 0.1) is 5.92 Å². The van der Waals surface area contributed by atoms with E-state index in [1.807, 2.05) is 0 Å². The Labute approximate surface area is 191 Å². The lowest BCUT2D eigenvalue weighted by molar-refractivity contribution is -0.131. The highest BCUT2D eigenvalue weighted by molar-refractivity contribution is 7.89. The van der Waals surface area contributed by atoms with Gasteiger partial charge in [0.1, 0.15) is 11.8 Å². The maximum Gasteiger partial charge on any atom is 0.243 e. The average molecular weight is 466 g/mol. The molecule has 1 aromatic rings. The Bertz CT molecular complexity index is 879. The van der Waals surface area contributed by atoms with Crippen molar-refractivity contribution in [2.75, 3.05) is 20.2 Å². The lowest BCUT2D eigenvalue weighted by Crippen LogP contribution is -2.52. The zero-order chi connectivity index (χ0) is 23.1. The van der Waals surface area contributed by atoms with Gasteiger partial charge in [0.05, 0.1) is 17.9 Å². The third kappa shape index (κ3) is 6.22. The summed E-state index contributed by atoms with van der Waals surface area (Å²) >= 11 is 0. The van der Waals surface area contributed by atoms with Gasteiger partial charge in [0.2, 0.25) is 21.8 Å². The van der Waals surface area contributed by atoms with Crippen molar-refractivity contribution >= 4 is 21.8 Å². The molecule has 2 amide bonds. The summed E-state index contributed by atoms with van der Waals surface area (Å²) in [6, 6.07) is 5.75. The molecule has 1 heterocycles. The standard InChI is InChI=1S/C23H35N3O5S/c1-17(22(27)25-19-9-5-3-4-6-10-19)24-23(28)18-8-7-15-26(16-18)32(29,30)21-13-11-20(31-2)12-14-21/h11-14,17-19H,3-10,15-16H2,1-2H3,(H,24,28)(H,25,27). The van der Waals surface area contributed by atoms with Gasteiger partial charge in [-0.05, 0) is 56.9 Å². The minimum atomic E-state index is -3.70. The second-order valence-electron chi connectivity index (χ2n) is 8.81. The topological polar surface area (TPSA) is 105 Å². The molecule has 1 aliphatic carbocycles. The van der Waals surface area contributed by atoms with E-state index in [0.29, 0.717) is 25.1 Å². The maximum absolute atomic E-state index is 13.0. The molecule has 9 heteroatoms. The minimum absolute atomic E-state index is 0.108. The molecule has 178 valence electrons. The first-order valence-electron chi connectivity index (χ1n) is 11.6. The molecule has 2 fully saturated rings. The summed E-state index contributed by atoms with van der Waals surface area (Å²) < 4.78 is 32.5. The summed E-state index contributed by atoms with van der Waals surface area (Å²) in [5.74, 6) is -0.354. The molecule has 2 N–H and O–H groups in total. The summed E-state index contributed by atoms with van der Waals surface area (Å²) in [6.45, 7) is 2.16. The van der Waals surface area contributed by atoms with Crippen molar-refractivity contribution in [3.63, 3.8) is 0 Å². The van der Waals surface area contributed by atoms with Crippen LogP contribution in [0.2, 0.25) is 0 Å². The van der Waals surface area contributed by atoms with Gasteiger partial charge in [0, 0.05) is 19.1 Å². The van der Waals surface area contributed by atoms with E-state index in [1.54, 1.807) is 19.1 Å². The van der Waals surface area contributed by atoms with E-state index >= 15 is 0 Å². The third-order valence-electron chi connectivity index (χ3n) is 6.41. The highest BCUT2D eigenvalue weighted by Gasteiger charge is 2.34. The summed E-state index contributed by atoms with van der Waals surface area (Å²) in [4.78, 5) is 25.6. The number of sulfonamides is 1. The van der Waals surface area contributed by atoms with Gasteiger partial charge in [-0.1, -0.05) is 25.7 Å². The van der Waals surface area contributed by atoms with E-state index in [9.17, 15) is 18.0 Å². The number of carbonyl (C=O) groups excluding carboxylic acids is 2. The number of rotatable bonds is 7. The fourth-order valence-electron chi connectivity index (χ4n) is 4.42. The Morgan fingerprint density at radius 1 is 1.03 bits per heavy atom. The Kier molecular flexibility index (Phi) is 8.53. The first-order valence-corrected chi connectivity index (χ1v) is 13.0. The van der Waals surface area contributed by atoms with Crippen molar-refractivity contribution in [3.05, 3.63) is 24.3 Å². The molecule has 0 aromatic heterocycles. The summed E-state index contributed by atoms with van der Waals surface area (Å²) in [7, 11) is -2.18. The number of hydrogen-bond donors (Lipinski definition) is 2. The zero-order valence-corrected chi connectivity index (χ0v) is 19.8. The number of carbonyl (C=O) groups is 2. The SMILES string of the molecule is COc1ccc(S(=O)(=O)N2CCCC(C(=O)NC(C)C(=O)NC3CCCCCC3)C2)cc1. The number of nitrogens with one attached hydrogen (secondary N) is 2. The van der Waals surface area contributed by atoms with Gasteiger partial charge < -0.3 is 15.4 Å². The molecule has 0 radical (unpaired) electrons. The molecule has 3 rings (SSSR count). The molecule has 1 aliphatic heterocycles. The summed E-state index contributed by atoms with van der Waals surface area (Å²) in [5, 5.41) is 5.85. The second-order valence-corrected chi connectivity index (χ2v) is 10.7. The molecule has 1 saturated heterocycles. The fraction of sp³-hybridized carbons (Fsp3) is 0.652. The second kappa shape index (κ2) is 11.1. The fourth-order valence-corrected chi connectivity index (χ4v) is 5.94. The quantitative estimate of drug-likeness (QED) is 0.602. The smallest absolute Gasteiger partial charge is 0.243 e. The van der Waals surface area contributed by atoms with Gasteiger partial charge in [-0.3, -0.25) is 9.59 Å². The zero-order valence-electron chi connectivity index (χ0n) is 19.0. The molecule has 2 unspecified atom stereocenters. The van der Waals surface area contributed by atoms with Crippen LogP contribution in [0.5, 0.6) is 5.75 Å². The van der Waals surface area contributed by atoms with Crippen LogP contribution in [0.1, 0.15) is 58.3 Å². The van der Waals surface area contributed by atoms with Gasteiger partial charge in [0.25, 0.3) is 0 Å². The molecule has 0 spiro atoms. The lowest BCUT2D eigenvalue weighted by atomic mass is 9.98. The number of amides is 2. The monoisotopic (exact) mass is 465 g/mol. The van der Waals surface area contributed by atoms with Crippen molar-refractivity contribution < 1.29 is 22.7 Å². The number of benzene rings is 1. The molecule has 8 nitrogen and oxygen atoms in total. The van der Waals surface area contributed by atoms with Crippen LogP contribution in [-0.4, -0.2) is 56.8 Å². The van der Waals surface area contributed by atoms with Crippen molar-refractivity contribution in [3.8, 4) is 5.75 Å². The minimum Gasteiger partial charge on any atom is -0.497 e. The van der Waals surface area contributed by atoms with Crippen LogP contribution >= 0.6 is 0 Å². The number of ether oxygens (including phenoxy) is 1. The maximum atomic E-state index is 13.0. The lowest BCUT2D eigenvalue weighted by Gasteiger charge is -2.32. The molecule has 1 saturated carbocycles. The molecule has 0 bridgehead atoms. The highest BCUT2D eigenvalue weighted by atomic mass is 32.2. The largest absolute Gasteiger partial charge is 0.497 e. The summed E-state index contributed by atoms with van der Waals surface area (Å²) in [5.41, 5.74) is 0.